The summed E-state index contributed by atoms with van der Waals surface area (Å²) in [6.07, 6.45) is 0.920. The lowest BCUT2D eigenvalue weighted by molar-refractivity contribution is 0.403. The molecule has 0 fully saturated rings. The molecule has 0 bridgehead atoms. The van der Waals surface area contributed by atoms with Gasteiger partial charge in [-0.15, -0.1) is 0 Å². The third-order valence-corrected chi connectivity index (χ3v) is 1.65. The summed E-state index contributed by atoms with van der Waals surface area (Å²) in [5, 5.41) is 9.08. The first-order valence-corrected chi connectivity index (χ1v) is 3.63. The van der Waals surface area contributed by atoms with Gasteiger partial charge in [-0.3, -0.25) is 0 Å². The highest BCUT2D eigenvalue weighted by Gasteiger charge is 2.00. The first-order valence-electron chi connectivity index (χ1n) is 3.63. The van der Waals surface area contributed by atoms with Gasteiger partial charge >= 0.3 is 0 Å². The lowest BCUT2D eigenvalue weighted by atomic mass is 10.1. The molecule has 0 heterocycles. The number of aromatic hydroxyl groups is 1. The van der Waals surface area contributed by atoms with Crippen LogP contribution in [0.3, 0.4) is 0 Å². The molecule has 0 saturated carbocycles. The Morgan fingerprint density at radius 1 is 1.45 bits per heavy atom. The number of methoxy groups -OCH3 is 1. The van der Waals surface area contributed by atoms with Gasteiger partial charge in [0.2, 0.25) is 0 Å². The molecule has 0 unspecified atom stereocenters. The number of ether oxygens (including phenoxy) is 1. The van der Waals surface area contributed by atoms with E-state index >= 15 is 0 Å². The number of benzene rings is 1. The van der Waals surface area contributed by atoms with Crippen molar-refractivity contribution < 1.29 is 9.84 Å². The van der Waals surface area contributed by atoms with E-state index in [1.54, 1.807) is 19.2 Å². The van der Waals surface area contributed by atoms with Crippen molar-refractivity contribution in [2.24, 2.45) is 0 Å². The predicted molar refractivity (Wildman–Crippen MR) is 44.0 cm³/mol. The van der Waals surface area contributed by atoms with Gasteiger partial charge in [0.1, 0.15) is 11.5 Å². The second-order valence-corrected chi connectivity index (χ2v) is 2.35. The Kier molecular flexibility index (Phi) is 2.36. The first-order chi connectivity index (χ1) is 5.27. The van der Waals surface area contributed by atoms with E-state index in [2.05, 4.69) is 6.92 Å². The maximum absolute atomic E-state index is 9.08. The van der Waals surface area contributed by atoms with Crippen LogP contribution in [0.4, 0.5) is 0 Å². The molecule has 0 radical (unpaired) electrons. The highest BCUT2D eigenvalue weighted by Crippen LogP contribution is 2.23. The number of aryl methyl sites for hydroxylation is 1. The minimum absolute atomic E-state index is 0.249. The quantitative estimate of drug-likeness (QED) is 0.702. The van der Waals surface area contributed by atoms with E-state index in [4.69, 9.17) is 9.84 Å². The molecule has 0 atom stereocenters. The number of hydrogen-bond acceptors (Lipinski definition) is 2. The smallest absolute Gasteiger partial charge is 0.125 e. The molecule has 60 valence electrons. The molecule has 1 aromatic carbocycles. The van der Waals surface area contributed by atoms with Crippen molar-refractivity contribution in [3.05, 3.63) is 23.8 Å². The molecule has 1 rings (SSSR count). The van der Waals surface area contributed by atoms with Gasteiger partial charge in [-0.05, 0) is 18.1 Å². The van der Waals surface area contributed by atoms with Crippen LogP contribution in [-0.4, -0.2) is 12.2 Å². The van der Waals surface area contributed by atoms with Crippen molar-refractivity contribution in [2.75, 3.05) is 7.11 Å². The molecule has 2 heteroatoms. The van der Waals surface area contributed by atoms with Crippen LogP contribution in [0, 0.1) is 0 Å². The maximum Gasteiger partial charge on any atom is 0.125 e. The fourth-order valence-corrected chi connectivity index (χ4v) is 1.03. The molecule has 0 aromatic heterocycles. The van der Waals surface area contributed by atoms with Crippen molar-refractivity contribution in [1.29, 1.82) is 0 Å². The van der Waals surface area contributed by atoms with Gasteiger partial charge < -0.3 is 9.84 Å². The van der Waals surface area contributed by atoms with Gasteiger partial charge in [0.25, 0.3) is 0 Å². The third-order valence-electron chi connectivity index (χ3n) is 1.65. The van der Waals surface area contributed by atoms with Crippen molar-refractivity contribution in [2.45, 2.75) is 13.3 Å². The number of hydrogen-bond donors (Lipinski definition) is 1. The second kappa shape index (κ2) is 3.28. The first kappa shape index (κ1) is 7.92. The summed E-state index contributed by atoms with van der Waals surface area (Å²) in [5.41, 5.74) is 1.12. The topological polar surface area (TPSA) is 29.5 Å². The Bertz CT molecular complexity index is 243. The maximum atomic E-state index is 9.08. The highest BCUT2D eigenvalue weighted by molar-refractivity contribution is 5.39. The van der Waals surface area contributed by atoms with Crippen LogP contribution in [0.15, 0.2) is 18.2 Å². The van der Waals surface area contributed by atoms with Crippen molar-refractivity contribution in [3.63, 3.8) is 0 Å². The van der Waals surface area contributed by atoms with Gasteiger partial charge in [-0.2, -0.15) is 0 Å². The van der Waals surface area contributed by atoms with Crippen LogP contribution in [0.5, 0.6) is 11.5 Å². The van der Waals surface area contributed by atoms with E-state index < -0.39 is 0 Å². The SMILES string of the molecule is CCc1ccc(O)cc1OC. The van der Waals surface area contributed by atoms with Gasteiger partial charge in [0.15, 0.2) is 0 Å². The lowest BCUT2D eigenvalue weighted by Gasteiger charge is -2.05. The summed E-state index contributed by atoms with van der Waals surface area (Å²) in [4.78, 5) is 0. The number of phenols is 1. The predicted octanol–water partition coefficient (Wildman–Crippen LogP) is 1.96. The minimum atomic E-state index is 0.249. The number of rotatable bonds is 2. The monoisotopic (exact) mass is 152 g/mol. The van der Waals surface area contributed by atoms with Crippen molar-refractivity contribution in [1.82, 2.24) is 0 Å². The molecule has 0 aliphatic carbocycles. The standard InChI is InChI=1S/C9H12O2/c1-3-7-4-5-8(10)6-9(7)11-2/h4-6,10H,3H2,1-2H3. The van der Waals surface area contributed by atoms with Gasteiger partial charge in [-0.1, -0.05) is 13.0 Å². The average molecular weight is 152 g/mol. The van der Waals surface area contributed by atoms with Crippen LogP contribution in [-0.2, 0) is 6.42 Å². The summed E-state index contributed by atoms with van der Waals surface area (Å²) in [6, 6.07) is 5.16. The molecule has 0 amide bonds. The molecule has 0 aliphatic heterocycles. The molecule has 0 aliphatic rings. The molecule has 1 aromatic rings. The Balaban J connectivity index is 3.06. The largest absolute Gasteiger partial charge is 0.508 e. The fraction of sp³-hybridized carbons (Fsp3) is 0.333. The van der Waals surface area contributed by atoms with Crippen molar-refractivity contribution in [3.8, 4) is 11.5 Å². The Morgan fingerprint density at radius 2 is 2.18 bits per heavy atom. The molecule has 2 nitrogen and oxygen atoms in total. The van der Waals surface area contributed by atoms with Crippen LogP contribution < -0.4 is 4.74 Å². The lowest BCUT2D eigenvalue weighted by Crippen LogP contribution is -1.88. The van der Waals surface area contributed by atoms with Crippen LogP contribution in [0.25, 0.3) is 0 Å². The van der Waals surface area contributed by atoms with Crippen LogP contribution in [0.2, 0.25) is 0 Å². The van der Waals surface area contributed by atoms with E-state index in [0.29, 0.717) is 0 Å². The minimum Gasteiger partial charge on any atom is -0.508 e. The Hall–Kier alpha value is -1.18. The summed E-state index contributed by atoms with van der Waals surface area (Å²) in [6.45, 7) is 2.05. The normalized spacial score (nSPS) is 9.64. The summed E-state index contributed by atoms with van der Waals surface area (Å²) in [5.74, 6) is 1.01. The van der Waals surface area contributed by atoms with Gasteiger partial charge in [0.05, 0.1) is 7.11 Å². The molecule has 11 heavy (non-hydrogen) atoms. The molecular weight excluding hydrogens is 140 g/mol. The van der Waals surface area contributed by atoms with Gasteiger partial charge in [0, 0.05) is 6.07 Å². The van der Waals surface area contributed by atoms with E-state index in [9.17, 15) is 0 Å². The molecule has 0 spiro atoms. The van der Waals surface area contributed by atoms with E-state index in [1.165, 1.54) is 0 Å². The molecular formula is C9H12O2. The highest BCUT2D eigenvalue weighted by atomic mass is 16.5. The van der Waals surface area contributed by atoms with Crippen LogP contribution in [0.1, 0.15) is 12.5 Å². The van der Waals surface area contributed by atoms with E-state index in [1.807, 2.05) is 6.07 Å². The Labute approximate surface area is 66.4 Å². The fourth-order valence-electron chi connectivity index (χ4n) is 1.03. The van der Waals surface area contributed by atoms with E-state index in [-0.39, 0.29) is 5.75 Å². The molecule has 1 N–H and O–H groups in total. The summed E-state index contributed by atoms with van der Waals surface area (Å²) >= 11 is 0. The van der Waals surface area contributed by atoms with Gasteiger partial charge in [-0.25, -0.2) is 0 Å². The summed E-state index contributed by atoms with van der Waals surface area (Å²) in [7, 11) is 1.61. The zero-order valence-electron chi connectivity index (χ0n) is 6.79. The second-order valence-electron chi connectivity index (χ2n) is 2.35. The average Bonchev–Trinajstić information content (AvgIpc) is 2.04. The van der Waals surface area contributed by atoms with Crippen molar-refractivity contribution >= 4 is 0 Å². The molecule has 0 saturated heterocycles. The Morgan fingerprint density at radius 3 is 2.73 bits per heavy atom. The van der Waals surface area contributed by atoms with Crippen LogP contribution >= 0.6 is 0 Å². The van der Waals surface area contributed by atoms with E-state index in [0.717, 1.165) is 17.7 Å². The third kappa shape index (κ3) is 1.64. The zero-order valence-corrected chi connectivity index (χ0v) is 6.79. The zero-order chi connectivity index (χ0) is 8.27. The summed E-state index contributed by atoms with van der Waals surface area (Å²) < 4.78 is 5.06. The number of phenolic OH excluding ortho intramolecular Hbond substituents is 1.